The van der Waals surface area contributed by atoms with Gasteiger partial charge in [-0.1, -0.05) is 30.3 Å². The highest BCUT2D eigenvalue weighted by Crippen LogP contribution is 2.13. The van der Waals surface area contributed by atoms with Gasteiger partial charge in [-0.25, -0.2) is 0 Å². The van der Waals surface area contributed by atoms with Crippen molar-refractivity contribution in [3.05, 3.63) is 76.2 Å². The summed E-state index contributed by atoms with van der Waals surface area (Å²) in [5.41, 5.74) is 0.895. The van der Waals surface area contributed by atoms with Crippen LogP contribution in [0.1, 0.15) is 16.1 Å². The lowest BCUT2D eigenvalue weighted by atomic mass is 10.1. The van der Waals surface area contributed by atoms with Crippen molar-refractivity contribution in [3.63, 3.8) is 0 Å². The molecule has 5 nitrogen and oxygen atoms in total. The van der Waals surface area contributed by atoms with Crippen molar-refractivity contribution in [3.8, 4) is 5.75 Å². The van der Waals surface area contributed by atoms with Crippen LogP contribution in [0.3, 0.4) is 0 Å². The molecule has 1 amide bonds. The molecule has 0 atom stereocenters. The lowest BCUT2D eigenvalue weighted by molar-refractivity contribution is 0.0946. The number of carbonyl (C=O) groups is 1. The van der Waals surface area contributed by atoms with Crippen LogP contribution in [0.15, 0.2) is 59.4 Å². The summed E-state index contributed by atoms with van der Waals surface area (Å²) < 4.78 is 5.15. The molecule has 0 bridgehead atoms. The van der Waals surface area contributed by atoms with Gasteiger partial charge in [-0.15, -0.1) is 0 Å². The molecule has 2 N–H and O–H groups in total. The minimum Gasteiger partial charge on any atom is -0.497 e. The Morgan fingerprint density at radius 3 is 2.78 bits per heavy atom. The van der Waals surface area contributed by atoms with Crippen molar-refractivity contribution < 1.29 is 9.53 Å². The van der Waals surface area contributed by atoms with Crippen LogP contribution < -0.4 is 15.6 Å². The Labute approximate surface area is 132 Å². The molecule has 0 spiro atoms. The second kappa shape index (κ2) is 6.36. The Morgan fingerprint density at radius 1 is 1.13 bits per heavy atom. The standard InChI is InChI=1S/C18H16N2O3/c1-23-14-7-4-5-12(9-14)11-19-18(22)16-10-13-6-2-3-8-15(13)17(21)20-16/h2-10H,11H2,1H3,(H,19,22)(H,20,21). The average molecular weight is 308 g/mol. The molecule has 0 unspecified atom stereocenters. The number of hydrogen-bond acceptors (Lipinski definition) is 3. The summed E-state index contributed by atoms with van der Waals surface area (Å²) >= 11 is 0. The van der Waals surface area contributed by atoms with E-state index in [0.29, 0.717) is 11.9 Å². The average Bonchev–Trinajstić information content (AvgIpc) is 2.60. The van der Waals surface area contributed by atoms with Gasteiger partial charge in [0.2, 0.25) is 0 Å². The lowest BCUT2D eigenvalue weighted by Crippen LogP contribution is -2.26. The number of ether oxygens (including phenoxy) is 1. The smallest absolute Gasteiger partial charge is 0.268 e. The fourth-order valence-electron chi connectivity index (χ4n) is 2.39. The molecule has 2 aromatic carbocycles. The van der Waals surface area contributed by atoms with Gasteiger partial charge in [0.05, 0.1) is 7.11 Å². The lowest BCUT2D eigenvalue weighted by Gasteiger charge is -2.07. The van der Waals surface area contributed by atoms with Gasteiger partial charge >= 0.3 is 0 Å². The Morgan fingerprint density at radius 2 is 1.96 bits per heavy atom. The summed E-state index contributed by atoms with van der Waals surface area (Å²) in [6.45, 7) is 0.352. The zero-order chi connectivity index (χ0) is 16.2. The van der Waals surface area contributed by atoms with E-state index in [2.05, 4.69) is 10.3 Å². The second-order valence-electron chi connectivity index (χ2n) is 5.13. The summed E-state index contributed by atoms with van der Waals surface area (Å²) in [5.74, 6) is 0.409. The van der Waals surface area contributed by atoms with E-state index in [1.807, 2.05) is 36.4 Å². The number of hydrogen-bond donors (Lipinski definition) is 2. The number of nitrogens with one attached hydrogen (secondary N) is 2. The normalized spacial score (nSPS) is 10.5. The molecule has 1 aromatic heterocycles. The van der Waals surface area contributed by atoms with Crippen LogP contribution in [-0.2, 0) is 6.54 Å². The highest BCUT2D eigenvalue weighted by molar-refractivity contribution is 5.96. The molecular formula is C18H16N2O3. The molecule has 0 aliphatic heterocycles. The van der Waals surface area contributed by atoms with Crippen LogP contribution in [0.5, 0.6) is 5.75 Å². The maximum absolute atomic E-state index is 12.3. The minimum atomic E-state index is -0.323. The number of fused-ring (bicyclic) bond motifs is 1. The Balaban J connectivity index is 1.79. The van der Waals surface area contributed by atoms with E-state index in [4.69, 9.17) is 4.74 Å². The van der Waals surface area contributed by atoms with E-state index in [1.54, 1.807) is 25.3 Å². The number of aromatic amines is 1. The van der Waals surface area contributed by atoms with Gasteiger partial charge in [0, 0.05) is 11.9 Å². The Hall–Kier alpha value is -3.08. The third-order valence-corrected chi connectivity index (χ3v) is 3.59. The first-order valence-corrected chi connectivity index (χ1v) is 7.20. The molecule has 0 radical (unpaired) electrons. The number of H-pyrrole nitrogens is 1. The molecule has 5 heteroatoms. The van der Waals surface area contributed by atoms with Crippen molar-refractivity contribution in [2.45, 2.75) is 6.54 Å². The molecule has 3 rings (SSSR count). The monoisotopic (exact) mass is 308 g/mol. The number of carbonyl (C=O) groups excluding carboxylic acids is 1. The van der Waals surface area contributed by atoms with Gasteiger partial charge in [-0.3, -0.25) is 9.59 Å². The number of pyridine rings is 1. The van der Waals surface area contributed by atoms with Crippen molar-refractivity contribution in [2.24, 2.45) is 0 Å². The topological polar surface area (TPSA) is 71.2 Å². The third-order valence-electron chi connectivity index (χ3n) is 3.59. The molecule has 3 aromatic rings. The fraction of sp³-hybridized carbons (Fsp3) is 0.111. The third kappa shape index (κ3) is 3.23. The van der Waals surface area contributed by atoms with E-state index >= 15 is 0 Å². The molecule has 0 saturated carbocycles. The summed E-state index contributed by atoms with van der Waals surface area (Å²) in [4.78, 5) is 26.9. The molecule has 0 fully saturated rings. The number of methoxy groups -OCH3 is 1. The van der Waals surface area contributed by atoms with E-state index in [-0.39, 0.29) is 17.2 Å². The van der Waals surface area contributed by atoms with E-state index in [0.717, 1.165) is 16.7 Å². The zero-order valence-corrected chi connectivity index (χ0v) is 12.6. The largest absolute Gasteiger partial charge is 0.497 e. The Bertz CT molecular complexity index is 915. The number of rotatable bonds is 4. The quantitative estimate of drug-likeness (QED) is 0.778. The maximum atomic E-state index is 12.3. The van der Waals surface area contributed by atoms with Gasteiger partial charge in [0.25, 0.3) is 11.5 Å². The zero-order valence-electron chi connectivity index (χ0n) is 12.6. The van der Waals surface area contributed by atoms with E-state index in [1.165, 1.54) is 0 Å². The number of amides is 1. The first-order chi connectivity index (χ1) is 11.2. The highest BCUT2D eigenvalue weighted by Gasteiger charge is 2.09. The predicted octanol–water partition coefficient (Wildman–Crippen LogP) is 2.47. The first kappa shape index (κ1) is 14.8. The van der Waals surface area contributed by atoms with Crippen LogP contribution in [0, 0.1) is 0 Å². The van der Waals surface area contributed by atoms with Gasteiger partial charge in [-0.2, -0.15) is 0 Å². The molecular weight excluding hydrogens is 292 g/mol. The predicted molar refractivity (Wildman–Crippen MR) is 88.7 cm³/mol. The molecule has 23 heavy (non-hydrogen) atoms. The van der Waals surface area contributed by atoms with Gasteiger partial charge in [0.15, 0.2) is 0 Å². The van der Waals surface area contributed by atoms with Crippen LogP contribution in [0.4, 0.5) is 0 Å². The molecule has 0 aliphatic rings. The molecule has 116 valence electrons. The number of benzene rings is 2. The summed E-state index contributed by atoms with van der Waals surface area (Å²) in [6.07, 6.45) is 0. The van der Waals surface area contributed by atoms with Gasteiger partial charge < -0.3 is 15.0 Å². The molecule has 0 saturated heterocycles. The van der Waals surface area contributed by atoms with Gasteiger partial charge in [-0.05, 0) is 35.2 Å². The van der Waals surface area contributed by atoms with Crippen molar-refractivity contribution in [1.82, 2.24) is 10.3 Å². The minimum absolute atomic E-state index is 0.247. The highest BCUT2D eigenvalue weighted by atomic mass is 16.5. The molecule has 0 aliphatic carbocycles. The summed E-state index contributed by atoms with van der Waals surface area (Å²) in [5, 5.41) is 4.10. The number of aromatic nitrogens is 1. The van der Waals surface area contributed by atoms with Crippen LogP contribution in [0.25, 0.3) is 10.8 Å². The fourth-order valence-corrected chi connectivity index (χ4v) is 2.39. The van der Waals surface area contributed by atoms with E-state index < -0.39 is 0 Å². The van der Waals surface area contributed by atoms with Crippen molar-refractivity contribution in [1.29, 1.82) is 0 Å². The second-order valence-corrected chi connectivity index (χ2v) is 5.13. The summed E-state index contributed by atoms with van der Waals surface area (Å²) in [7, 11) is 1.59. The van der Waals surface area contributed by atoms with Crippen LogP contribution >= 0.6 is 0 Å². The summed E-state index contributed by atoms with van der Waals surface area (Å²) in [6, 6.07) is 16.3. The Kier molecular flexibility index (Phi) is 4.10. The molecule has 1 heterocycles. The maximum Gasteiger partial charge on any atom is 0.268 e. The van der Waals surface area contributed by atoms with Crippen molar-refractivity contribution >= 4 is 16.7 Å². The van der Waals surface area contributed by atoms with Crippen LogP contribution in [0.2, 0.25) is 0 Å². The SMILES string of the molecule is COc1cccc(CNC(=O)c2cc3ccccc3c(=O)[nH]2)c1. The van der Waals surface area contributed by atoms with E-state index in [9.17, 15) is 9.59 Å². The van der Waals surface area contributed by atoms with Crippen LogP contribution in [-0.4, -0.2) is 18.0 Å². The van der Waals surface area contributed by atoms with Gasteiger partial charge in [0.1, 0.15) is 11.4 Å². The first-order valence-electron chi connectivity index (χ1n) is 7.20. The van der Waals surface area contributed by atoms with Crippen molar-refractivity contribution in [2.75, 3.05) is 7.11 Å².